The first kappa shape index (κ1) is 15.4. The highest BCUT2D eigenvalue weighted by molar-refractivity contribution is 8.02. The van der Waals surface area contributed by atoms with E-state index in [9.17, 15) is 9.59 Å². The first-order valence-corrected chi connectivity index (χ1v) is 7.80. The van der Waals surface area contributed by atoms with Crippen molar-refractivity contribution in [2.75, 3.05) is 17.7 Å². The van der Waals surface area contributed by atoms with E-state index in [0.29, 0.717) is 18.0 Å². The highest BCUT2D eigenvalue weighted by Crippen LogP contribution is 2.18. The smallest absolute Gasteiger partial charge is 0.247 e. The van der Waals surface area contributed by atoms with Crippen LogP contribution in [0.15, 0.2) is 35.9 Å². The fourth-order valence-corrected chi connectivity index (χ4v) is 2.51. The molecule has 1 aromatic rings. The number of thioether (sulfide) groups is 1. The van der Waals surface area contributed by atoms with Gasteiger partial charge in [0.2, 0.25) is 11.8 Å². The summed E-state index contributed by atoms with van der Waals surface area (Å²) in [6, 6.07) is 6.61. The maximum atomic E-state index is 12.2. The number of carbonyl (C=O) groups is 2. The zero-order valence-electron chi connectivity index (χ0n) is 12.0. The van der Waals surface area contributed by atoms with Crippen LogP contribution in [0.5, 0.6) is 5.75 Å². The van der Waals surface area contributed by atoms with Gasteiger partial charge in [-0.25, -0.2) is 0 Å². The SMILES string of the molecule is CCOc1ccc(NC(=O)C(C)N2C=CSCC2=O)cc1. The van der Waals surface area contributed by atoms with Crippen molar-refractivity contribution in [2.45, 2.75) is 19.9 Å². The second-order valence-corrected chi connectivity index (χ2v) is 5.41. The van der Waals surface area contributed by atoms with Crippen LogP contribution in [0.1, 0.15) is 13.8 Å². The number of nitrogens with one attached hydrogen (secondary N) is 1. The van der Waals surface area contributed by atoms with E-state index < -0.39 is 6.04 Å². The number of amides is 2. The van der Waals surface area contributed by atoms with Gasteiger partial charge in [0.1, 0.15) is 11.8 Å². The number of carbonyl (C=O) groups excluding carboxylic acids is 2. The molecule has 0 aliphatic carbocycles. The van der Waals surface area contributed by atoms with Crippen LogP contribution in [0.3, 0.4) is 0 Å². The largest absolute Gasteiger partial charge is 0.494 e. The van der Waals surface area contributed by atoms with Gasteiger partial charge in [-0.2, -0.15) is 0 Å². The average molecular weight is 306 g/mol. The fraction of sp³-hybridized carbons (Fsp3) is 0.333. The number of nitrogens with zero attached hydrogens (tertiary/aromatic N) is 1. The monoisotopic (exact) mass is 306 g/mol. The lowest BCUT2D eigenvalue weighted by Gasteiger charge is -2.26. The van der Waals surface area contributed by atoms with Crippen molar-refractivity contribution in [1.82, 2.24) is 4.90 Å². The predicted molar refractivity (Wildman–Crippen MR) is 84.1 cm³/mol. The van der Waals surface area contributed by atoms with Gasteiger partial charge in [0.15, 0.2) is 0 Å². The summed E-state index contributed by atoms with van der Waals surface area (Å²) in [5, 5.41) is 4.62. The van der Waals surface area contributed by atoms with E-state index in [2.05, 4.69) is 5.32 Å². The highest BCUT2D eigenvalue weighted by atomic mass is 32.2. The molecule has 1 aromatic carbocycles. The third-order valence-corrected chi connectivity index (χ3v) is 3.77. The first-order chi connectivity index (χ1) is 10.1. The van der Waals surface area contributed by atoms with Gasteiger partial charge in [0.25, 0.3) is 0 Å². The molecule has 0 bridgehead atoms. The van der Waals surface area contributed by atoms with E-state index in [1.165, 1.54) is 16.7 Å². The van der Waals surface area contributed by atoms with E-state index in [4.69, 9.17) is 4.74 Å². The van der Waals surface area contributed by atoms with Crippen LogP contribution in [0.4, 0.5) is 5.69 Å². The van der Waals surface area contributed by atoms with E-state index in [-0.39, 0.29) is 11.8 Å². The Labute approximate surface area is 128 Å². The van der Waals surface area contributed by atoms with Gasteiger partial charge in [-0.05, 0) is 43.5 Å². The number of anilines is 1. The first-order valence-electron chi connectivity index (χ1n) is 6.75. The number of ether oxygens (including phenoxy) is 1. The summed E-state index contributed by atoms with van der Waals surface area (Å²) in [4.78, 5) is 25.4. The van der Waals surface area contributed by atoms with Crippen molar-refractivity contribution >= 4 is 29.3 Å². The van der Waals surface area contributed by atoms with Gasteiger partial charge in [0.05, 0.1) is 12.4 Å². The second kappa shape index (κ2) is 7.17. The van der Waals surface area contributed by atoms with Gasteiger partial charge in [-0.3, -0.25) is 9.59 Å². The summed E-state index contributed by atoms with van der Waals surface area (Å²) in [6.45, 7) is 4.23. The maximum absolute atomic E-state index is 12.2. The van der Waals surface area contributed by atoms with Crippen LogP contribution in [-0.2, 0) is 9.59 Å². The van der Waals surface area contributed by atoms with E-state index in [1.807, 2.05) is 12.3 Å². The Morgan fingerprint density at radius 2 is 2.14 bits per heavy atom. The molecule has 2 amide bonds. The Balaban J connectivity index is 1.98. The normalized spacial score (nSPS) is 15.7. The second-order valence-electron chi connectivity index (χ2n) is 4.52. The summed E-state index contributed by atoms with van der Waals surface area (Å²) >= 11 is 1.43. The zero-order chi connectivity index (χ0) is 15.2. The van der Waals surface area contributed by atoms with Gasteiger partial charge >= 0.3 is 0 Å². The molecule has 2 rings (SSSR count). The molecule has 0 saturated carbocycles. The van der Waals surface area contributed by atoms with Crippen molar-refractivity contribution in [3.05, 3.63) is 35.9 Å². The van der Waals surface area contributed by atoms with Gasteiger partial charge in [-0.1, -0.05) is 0 Å². The van der Waals surface area contributed by atoms with Crippen LogP contribution < -0.4 is 10.1 Å². The molecular formula is C15H18N2O3S. The molecule has 1 unspecified atom stereocenters. The van der Waals surface area contributed by atoms with Crippen LogP contribution in [0.25, 0.3) is 0 Å². The molecule has 1 aliphatic heterocycles. The third kappa shape index (κ3) is 4.01. The van der Waals surface area contributed by atoms with Crippen LogP contribution in [0, 0.1) is 0 Å². The maximum Gasteiger partial charge on any atom is 0.247 e. The summed E-state index contributed by atoms with van der Waals surface area (Å²) in [6.07, 6.45) is 1.65. The summed E-state index contributed by atoms with van der Waals surface area (Å²) < 4.78 is 5.35. The van der Waals surface area contributed by atoms with E-state index in [0.717, 1.165) is 5.75 Å². The Morgan fingerprint density at radius 1 is 1.43 bits per heavy atom. The molecular weight excluding hydrogens is 288 g/mol. The minimum atomic E-state index is -0.541. The topological polar surface area (TPSA) is 58.6 Å². The third-order valence-electron chi connectivity index (χ3n) is 3.04. The molecule has 0 fully saturated rings. The molecule has 1 aliphatic rings. The van der Waals surface area contributed by atoms with Crippen LogP contribution in [0.2, 0.25) is 0 Å². The fourth-order valence-electron chi connectivity index (χ4n) is 1.90. The molecule has 1 atom stereocenters. The minimum Gasteiger partial charge on any atom is -0.494 e. The number of benzene rings is 1. The van der Waals surface area contributed by atoms with Crippen molar-refractivity contribution in [1.29, 1.82) is 0 Å². The highest BCUT2D eigenvalue weighted by Gasteiger charge is 2.25. The molecule has 1 N–H and O–H groups in total. The molecule has 0 radical (unpaired) electrons. The Bertz CT molecular complexity index is 542. The quantitative estimate of drug-likeness (QED) is 0.908. The predicted octanol–water partition coefficient (Wildman–Crippen LogP) is 2.46. The molecule has 0 aromatic heterocycles. The molecule has 5 nitrogen and oxygen atoms in total. The van der Waals surface area contributed by atoms with E-state index >= 15 is 0 Å². The van der Waals surface area contributed by atoms with Crippen molar-refractivity contribution in [3.63, 3.8) is 0 Å². The zero-order valence-corrected chi connectivity index (χ0v) is 12.9. The van der Waals surface area contributed by atoms with Crippen LogP contribution in [-0.4, -0.2) is 35.1 Å². The lowest BCUT2D eigenvalue weighted by molar-refractivity contribution is -0.133. The lowest BCUT2D eigenvalue weighted by atomic mass is 10.2. The molecule has 0 spiro atoms. The van der Waals surface area contributed by atoms with Crippen molar-refractivity contribution in [3.8, 4) is 5.75 Å². The summed E-state index contributed by atoms with van der Waals surface area (Å²) in [5.41, 5.74) is 0.679. The minimum absolute atomic E-state index is 0.0585. The Kier molecular flexibility index (Phi) is 5.27. The number of rotatable bonds is 5. The molecule has 0 saturated heterocycles. The van der Waals surface area contributed by atoms with Gasteiger partial charge in [-0.15, -0.1) is 11.8 Å². The van der Waals surface area contributed by atoms with Gasteiger partial charge < -0.3 is 15.0 Å². The number of hydrogen-bond donors (Lipinski definition) is 1. The summed E-state index contributed by atoms with van der Waals surface area (Å²) in [7, 11) is 0. The Hall–Kier alpha value is -1.95. The van der Waals surface area contributed by atoms with Crippen molar-refractivity contribution < 1.29 is 14.3 Å². The lowest BCUT2D eigenvalue weighted by Crippen LogP contribution is -2.44. The molecule has 112 valence electrons. The van der Waals surface area contributed by atoms with Gasteiger partial charge in [0, 0.05) is 11.9 Å². The average Bonchev–Trinajstić information content (AvgIpc) is 2.49. The summed E-state index contributed by atoms with van der Waals surface area (Å²) in [5.74, 6) is 0.854. The molecule has 6 heteroatoms. The van der Waals surface area contributed by atoms with E-state index in [1.54, 1.807) is 37.4 Å². The number of hydrogen-bond acceptors (Lipinski definition) is 4. The molecule has 21 heavy (non-hydrogen) atoms. The van der Waals surface area contributed by atoms with Crippen LogP contribution >= 0.6 is 11.8 Å². The van der Waals surface area contributed by atoms with Crippen molar-refractivity contribution in [2.24, 2.45) is 0 Å². The molecule has 1 heterocycles. The standard InChI is InChI=1S/C15H18N2O3S/c1-3-20-13-6-4-12(5-7-13)16-15(19)11(2)17-8-9-21-10-14(17)18/h4-9,11H,3,10H2,1-2H3,(H,16,19). The Morgan fingerprint density at radius 3 is 2.76 bits per heavy atom.